The highest BCUT2D eigenvalue weighted by molar-refractivity contribution is 5.96. The van der Waals surface area contributed by atoms with Gasteiger partial charge in [0, 0.05) is 12.6 Å². The molecule has 1 aromatic carbocycles. The summed E-state index contributed by atoms with van der Waals surface area (Å²) < 4.78 is 15.9. The molecule has 4 rings (SSSR count). The maximum atomic E-state index is 12.8. The van der Waals surface area contributed by atoms with Gasteiger partial charge in [-0.1, -0.05) is 35.5 Å². The van der Waals surface area contributed by atoms with Crippen LogP contribution in [-0.2, 0) is 17.8 Å². The summed E-state index contributed by atoms with van der Waals surface area (Å²) >= 11 is 0. The molecule has 11 nitrogen and oxygen atoms in total. The van der Waals surface area contributed by atoms with Gasteiger partial charge in [-0.3, -0.25) is 9.78 Å². The number of amides is 1. The first-order valence-corrected chi connectivity index (χ1v) is 10.6. The lowest BCUT2D eigenvalue weighted by Crippen LogP contribution is -2.24. The highest BCUT2D eigenvalue weighted by Gasteiger charge is 2.19. The Morgan fingerprint density at radius 3 is 2.60 bits per heavy atom. The van der Waals surface area contributed by atoms with E-state index in [1.807, 2.05) is 30.3 Å². The zero-order chi connectivity index (χ0) is 24.6. The summed E-state index contributed by atoms with van der Waals surface area (Å²) in [6.45, 7) is 1.54. The van der Waals surface area contributed by atoms with Gasteiger partial charge in [-0.15, -0.1) is 0 Å². The average molecular weight is 475 g/mol. The van der Waals surface area contributed by atoms with Crippen LogP contribution in [-0.4, -0.2) is 43.4 Å². The number of nitrogens with one attached hydrogen (secondary N) is 1. The fourth-order valence-electron chi connectivity index (χ4n) is 3.02. The molecule has 0 saturated heterocycles. The number of hydrogen-bond donors (Lipinski definition) is 2. The van der Waals surface area contributed by atoms with Gasteiger partial charge in [0.15, 0.2) is 11.8 Å². The molecule has 0 aliphatic heterocycles. The highest BCUT2D eigenvalue weighted by Crippen LogP contribution is 2.25. The molecule has 0 saturated carbocycles. The number of pyridine rings is 2. The molecule has 2 N–H and O–H groups in total. The maximum absolute atomic E-state index is 12.8. The first-order chi connectivity index (χ1) is 17.0. The van der Waals surface area contributed by atoms with Crippen LogP contribution in [0.2, 0.25) is 0 Å². The minimum Gasteiger partial charge on any atom is -0.479 e. The first-order valence-electron chi connectivity index (χ1n) is 10.6. The minimum absolute atomic E-state index is 0.0503. The Morgan fingerprint density at radius 1 is 1.03 bits per heavy atom. The number of carboxylic acids is 1. The third-order valence-corrected chi connectivity index (χ3v) is 4.83. The molecule has 1 unspecified atom stereocenters. The van der Waals surface area contributed by atoms with E-state index in [1.165, 1.54) is 19.3 Å². The standard InChI is InChI=1S/C24H21N5O6/c1-15(24(31)32)33-18-10-9-17(26-14-18)13-27-21(30)19-8-5-11-25-22(19)34-23-20(28-35-29-23)12-16-6-3-2-4-7-16/h2-11,14-15H,12-13H2,1H3,(H,27,30)(H,31,32). The molecule has 11 heteroatoms. The van der Waals surface area contributed by atoms with E-state index >= 15 is 0 Å². The SMILES string of the molecule is CC(Oc1ccc(CNC(=O)c2cccnc2Oc2nonc2Cc2ccccc2)nc1)C(=O)O. The van der Waals surface area contributed by atoms with E-state index in [2.05, 4.69) is 25.6 Å². The van der Waals surface area contributed by atoms with E-state index in [4.69, 9.17) is 19.2 Å². The van der Waals surface area contributed by atoms with Crippen molar-refractivity contribution in [3.8, 4) is 17.5 Å². The molecule has 0 radical (unpaired) electrons. The predicted octanol–water partition coefficient (Wildman–Crippen LogP) is 3.02. The van der Waals surface area contributed by atoms with Gasteiger partial charge in [-0.25, -0.2) is 14.4 Å². The van der Waals surface area contributed by atoms with Gasteiger partial charge in [-0.05, 0) is 41.9 Å². The zero-order valence-electron chi connectivity index (χ0n) is 18.6. The number of ether oxygens (including phenoxy) is 2. The molecule has 3 aromatic heterocycles. The van der Waals surface area contributed by atoms with Gasteiger partial charge in [0.25, 0.3) is 11.8 Å². The Labute approximate surface area is 199 Å². The van der Waals surface area contributed by atoms with Crippen molar-refractivity contribution in [2.45, 2.75) is 26.0 Å². The summed E-state index contributed by atoms with van der Waals surface area (Å²) in [5.74, 6) is -1.03. The van der Waals surface area contributed by atoms with Crippen LogP contribution in [0.4, 0.5) is 0 Å². The van der Waals surface area contributed by atoms with Crippen molar-refractivity contribution in [1.82, 2.24) is 25.6 Å². The average Bonchev–Trinajstić information content (AvgIpc) is 3.30. The van der Waals surface area contributed by atoms with Crippen LogP contribution in [0.3, 0.4) is 0 Å². The number of carbonyl (C=O) groups is 2. The molecule has 4 aromatic rings. The molecule has 1 atom stereocenters. The molecular formula is C24H21N5O6. The lowest BCUT2D eigenvalue weighted by atomic mass is 10.1. The Balaban J connectivity index is 1.40. The molecule has 1 amide bonds. The fraction of sp³-hybridized carbons (Fsp3) is 0.167. The van der Waals surface area contributed by atoms with Crippen molar-refractivity contribution < 1.29 is 28.8 Å². The summed E-state index contributed by atoms with van der Waals surface area (Å²) in [7, 11) is 0. The summed E-state index contributed by atoms with van der Waals surface area (Å²) in [5.41, 5.74) is 2.20. The zero-order valence-corrected chi connectivity index (χ0v) is 18.6. The Hall–Kier alpha value is -4.80. The molecule has 0 aliphatic carbocycles. The molecule has 35 heavy (non-hydrogen) atoms. The van der Waals surface area contributed by atoms with E-state index in [-0.39, 0.29) is 23.9 Å². The number of benzene rings is 1. The molecule has 3 heterocycles. The predicted molar refractivity (Wildman–Crippen MR) is 121 cm³/mol. The van der Waals surface area contributed by atoms with Crippen LogP contribution < -0.4 is 14.8 Å². The topological polar surface area (TPSA) is 150 Å². The van der Waals surface area contributed by atoms with Crippen molar-refractivity contribution in [2.24, 2.45) is 0 Å². The molecule has 0 fully saturated rings. The number of hydrogen-bond acceptors (Lipinski definition) is 9. The third kappa shape index (κ3) is 6.16. The van der Waals surface area contributed by atoms with Crippen molar-refractivity contribution >= 4 is 11.9 Å². The molecule has 178 valence electrons. The highest BCUT2D eigenvalue weighted by atomic mass is 16.6. The quantitative estimate of drug-likeness (QED) is 0.350. The molecular weight excluding hydrogens is 454 g/mol. The van der Waals surface area contributed by atoms with Crippen LogP contribution in [0, 0.1) is 0 Å². The fourth-order valence-corrected chi connectivity index (χ4v) is 3.02. The second kappa shape index (κ2) is 10.9. The lowest BCUT2D eigenvalue weighted by Gasteiger charge is -2.11. The van der Waals surface area contributed by atoms with Crippen molar-refractivity contribution in [2.75, 3.05) is 0 Å². The summed E-state index contributed by atoms with van der Waals surface area (Å²) in [4.78, 5) is 32.1. The van der Waals surface area contributed by atoms with E-state index < -0.39 is 18.0 Å². The summed E-state index contributed by atoms with van der Waals surface area (Å²) in [6, 6.07) is 16.0. The van der Waals surface area contributed by atoms with Gasteiger partial charge in [0.05, 0.1) is 18.4 Å². The van der Waals surface area contributed by atoms with Crippen LogP contribution in [0.1, 0.15) is 34.2 Å². The second-order valence-corrected chi connectivity index (χ2v) is 7.40. The normalized spacial score (nSPS) is 11.5. The number of aromatic nitrogens is 4. The minimum atomic E-state index is -1.08. The number of aliphatic carboxylic acids is 1. The van der Waals surface area contributed by atoms with Crippen molar-refractivity contribution in [3.63, 3.8) is 0 Å². The first kappa shape index (κ1) is 23.4. The number of carboxylic acid groups (broad SMARTS) is 1. The smallest absolute Gasteiger partial charge is 0.344 e. The largest absolute Gasteiger partial charge is 0.479 e. The van der Waals surface area contributed by atoms with Crippen LogP contribution in [0.5, 0.6) is 17.5 Å². The number of nitrogens with zero attached hydrogens (tertiary/aromatic N) is 4. The van der Waals surface area contributed by atoms with Crippen molar-refractivity contribution in [3.05, 3.63) is 89.5 Å². The van der Waals surface area contributed by atoms with Crippen LogP contribution in [0.25, 0.3) is 0 Å². The molecule has 0 bridgehead atoms. The van der Waals surface area contributed by atoms with Gasteiger partial charge < -0.3 is 19.9 Å². The van der Waals surface area contributed by atoms with E-state index in [0.29, 0.717) is 23.6 Å². The van der Waals surface area contributed by atoms with E-state index in [9.17, 15) is 9.59 Å². The Morgan fingerprint density at radius 2 is 1.86 bits per heavy atom. The second-order valence-electron chi connectivity index (χ2n) is 7.40. The van der Waals surface area contributed by atoms with E-state index in [1.54, 1.807) is 24.3 Å². The Bertz CT molecular complexity index is 1290. The van der Waals surface area contributed by atoms with Gasteiger partial charge in [0.1, 0.15) is 11.3 Å². The van der Waals surface area contributed by atoms with E-state index in [0.717, 1.165) is 5.56 Å². The molecule has 0 aliphatic rings. The monoisotopic (exact) mass is 475 g/mol. The van der Waals surface area contributed by atoms with Gasteiger partial charge in [0.2, 0.25) is 5.88 Å². The van der Waals surface area contributed by atoms with Gasteiger partial charge >= 0.3 is 5.97 Å². The summed E-state index contributed by atoms with van der Waals surface area (Å²) in [6.07, 6.45) is 2.32. The number of rotatable bonds is 10. The number of carbonyl (C=O) groups excluding carboxylic acids is 1. The molecule has 0 spiro atoms. The van der Waals surface area contributed by atoms with Crippen molar-refractivity contribution in [1.29, 1.82) is 0 Å². The van der Waals surface area contributed by atoms with Crippen LogP contribution in [0.15, 0.2) is 71.6 Å². The summed E-state index contributed by atoms with van der Waals surface area (Å²) in [5, 5.41) is 19.4. The Kier molecular flexibility index (Phi) is 7.26. The maximum Gasteiger partial charge on any atom is 0.344 e. The third-order valence-electron chi connectivity index (χ3n) is 4.83. The van der Waals surface area contributed by atoms with Crippen LogP contribution >= 0.6 is 0 Å². The lowest BCUT2D eigenvalue weighted by molar-refractivity contribution is -0.144. The van der Waals surface area contributed by atoms with Gasteiger partial charge in [-0.2, -0.15) is 0 Å².